The third-order valence-corrected chi connectivity index (χ3v) is 5.06. The lowest BCUT2D eigenvalue weighted by Gasteiger charge is -2.20. The molecule has 1 aromatic carbocycles. The fourth-order valence-electron chi connectivity index (χ4n) is 2.66. The van der Waals surface area contributed by atoms with Crippen LogP contribution in [0, 0.1) is 0 Å². The molecule has 19 heavy (non-hydrogen) atoms. The summed E-state index contributed by atoms with van der Waals surface area (Å²) in [6.45, 7) is 0. The second-order valence-electron chi connectivity index (χ2n) is 5.40. The van der Waals surface area contributed by atoms with Crippen molar-refractivity contribution in [3.8, 4) is 0 Å². The van der Waals surface area contributed by atoms with E-state index in [2.05, 4.69) is 4.72 Å². The van der Waals surface area contributed by atoms with Crippen LogP contribution in [-0.4, -0.2) is 14.5 Å². The van der Waals surface area contributed by atoms with Gasteiger partial charge in [0.2, 0.25) is 10.0 Å². The zero-order valence-corrected chi connectivity index (χ0v) is 12.2. The normalized spacial score (nSPS) is 18.7. The van der Waals surface area contributed by atoms with Gasteiger partial charge in [0.05, 0.1) is 5.75 Å². The molecule has 0 saturated heterocycles. The van der Waals surface area contributed by atoms with E-state index >= 15 is 0 Å². The lowest BCUT2D eigenvalue weighted by Crippen LogP contribution is -2.36. The SMILES string of the molecule is O=S(=O)(Cc1ccccc1)NC1CCCCCCC1. The maximum atomic E-state index is 12.2. The van der Waals surface area contributed by atoms with Gasteiger partial charge in [0, 0.05) is 6.04 Å². The standard InChI is InChI=1S/C15H23NO2S/c17-19(18,13-14-9-5-4-6-10-14)16-15-11-7-2-1-3-8-12-15/h4-6,9-10,15-16H,1-3,7-8,11-13H2. The van der Waals surface area contributed by atoms with Crippen LogP contribution >= 0.6 is 0 Å². The summed E-state index contributed by atoms with van der Waals surface area (Å²) in [5.74, 6) is 0.0876. The molecule has 0 heterocycles. The number of nitrogens with one attached hydrogen (secondary N) is 1. The predicted octanol–water partition coefficient (Wildman–Crippen LogP) is 3.22. The second-order valence-corrected chi connectivity index (χ2v) is 7.16. The van der Waals surface area contributed by atoms with Gasteiger partial charge in [-0.3, -0.25) is 0 Å². The minimum atomic E-state index is -3.21. The highest BCUT2D eigenvalue weighted by Crippen LogP contribution is 2.18. The molecule has 106 valence electrons. The van der Waals surface area contributed by atoms with Crippen molar-refractivity contribution in [2.75, 3.05) is 0 Å². The Bertz CT molecular complexity index is 462. The van der Waals surface area contributed by atoms with Gasteiger partial charge in [0.1, 0.15) is 0 Å². The van der Waals surface area contributed by atoms with E-state index in [1.165, 1.54) is 19.3 Å². The minimum Gasteiger partial charge on any atom is -0.212 e. The van der Waals surface area contributed by atoms with Crippen molar-refractivity contribution in [2.24, 2.45) is 0 Å². The Labute approximate surface area is 116 Å². The monoisotopic (exact) mass is 281 g/mol. The molecule has 1 fully saturated rings. The van der Waals surface area contributed by atoms with E-state index in [0.29, 0.717) is 0 Å². The van der Waals surface area contributed by atoms with E-state index in [4.69, 9.17) is 0 Å². The van der Waals surface area contributed by atoms with Gasteiger partial charge in [0.15, 0.2) is 0 Å². The average molecular weight is 281 g/mol. The highest BCUT2D eigenvalue weighted by Gasteiger charge is 2.18. The van der Waals surface area contributed by atoms with Crippen LogP contribution < -0.4 is 4.72 Å². The number of benzene rings is 1. The van der Waals surface area contributed by atoms with Crippen LogP contribution in [-0.2, 0) is 15.8 Å². The van der Waals surface area contributed by atoms with Crippen molar-refractivity contribution in [2.45, 2.75) is 56.7 Å². The van der Waals surface area contributed by atoms with Gasteiger partial charge < -0.3 is 0 Å². The van der Waals surface area contributed by atoms with Crippen molar-refractivity contribution in [1.29, 1.82) is 0 Å². The van der Waals surface area contributed by atoms with Gasteiger partial charge in [-0.1, -0.05) is 62.4 Å². The van der Waals surface area contributed by atoms with Gasteiger partial charge in [-0.2, -0.15) is 0 Å². The Morgan fingerprint density at radius 2 is 1.53 bits per heavy atom. The molecule has 0 unspecified atom stereocenters. The molecule has 1 aliphatic rings. The first-order chi connectivity index (χ1) is 9.16. The van der Waals surface area contributed by atoms with Crippen LogP contribution in [0.2, 0.25) is 0 Å². The lowest BCUT2D eigenvalue weighted by atomic mass is 9.97. The summed E-state index contributed by atoms with van der Waals surface area (Å²) < 4.78 is 27.2. The Balaban J connectivity index is 1.92. The van der Waals surface area contributed by atoms with Crippen LogP contribution in [0.15, 0.2) is 30.3 Å². The molecule has 0 amide bonds. The lowest BCUT2D eigenvalue weighted by molar-refractivity contribution is 0.426. The minimum absolute atomic E-state index is 0.0876. The molecule has 0 aliphatic heterocycles. The number of sulfonamides is 1. The summed E-state index contributed by atoms with van der Waals surface area (Å²) in [6, 6.07) is 9.50. The smallest absolute Gasteiger partial charge is 0.212 e. The van der Waals surface area contributed by atoms with Crippen LogP contribution in [0.3, 0.4) is 0 Å². The van der Waals surface area contributed by atoms with Crippen molar-refractivity contribution in [1.82, 2.24) is 4.72 Å². The van der Waals surface area contributed by atoms with E-state index in [1.54, 1.807) is 0 Å². The van der Waals surface area contributed by atoms with Crippen LogP contribution in [0.1, 0.15) is 50.5 Å². The molecule has 1 aromatic rings. The fraction of sp³-hybridized carbons (Fsp3) is 0.600. The molecule has 0 spiro atoms. The Kier molecular flexibility index (Phi) is 5.40. The molecule has 0 aromatic heterocycles. The number of hydrogen-bond donors (Lipinski definition) is 1. The van der Waals surface area contributed by atoms with Crippen molar-refractivity contribution < 1.29 is 8.42 Å². The third kappa shape index (κ3) is 5.33. The predicted molar refractivity (Wildman–Crippen MR) is 78.3 cm³/mol. The maximum Gasteiger partial charge on any atom is 0.216 e. The molecule has 0 radical (unpaired) electrons. The number of rotatable bonds is 4. The largest absolute Gasteiger partial charge is 0.216 e. The Morgan fingerprint density at radius 3 is 2.16 bits per heavy atom. The van der Waals surface area contributed by atoms with Gasteiger partial charge in [-0.15, -0.1) is 0 Å². The summed E-state index contributed by atoms with van der Waals surface area (Å²) in [4.78, 5) is 0. The van der Waals surface area contributed by atoms with Gasteiger partial charge in [0.25, 0.3) is 0 Å². The molecule has 1 N–H and O–H groups in total. The van der Waals surface area contributed by atoms with Gasteiger partial charge in [-0.05, 0) is 18.4 Å². The Morgan fingerprint density at radius 1 is 0.947 bits per heavy atom. The quantitative estimate of drug-likeness (QED) is 0.921. The maximum absolute atomic E-state index is 12.2. The first kappa shape index (κ1) is 14.5. The van der Waals surface area contributed by atoms with Gasteiger partial charge in [-0.25, -0.2) is 13.1 Å². The molecule has 3 nitrogen and oxygen atoms in total. The zero-order chi connectivity index (χ0) is 13.6. The van der Waals surface area contributed by atoms with Crippen LogP contribution in [0.25, 0.3) is 0 Å². The van der Waals surface area contributed by atoms with E-state index in [0.717, 1.165) is 31.2 Å². The average Bonchev–Trinajstić information content (AvgIpc) is 2.33. The highest BCUT2D eigenvalue weighted by atomic mass is 32.2. The molecule has 0 atom stereocenters. The summed E-state index contributed by atoms with van der Waals surface area (Å²) in [6.07, 6.45) is 8.00. The third-order valence-electron chi connectivity index (χ3n) is 3.65. The van der Waals surface area contributed by atoms with Crippen molar-refractivity contribution in [3.05, 3.63) is 35.9 Å². The molecular weight excluding hydrogens is 258 g/mol. The van der Waals surface area contributed by atoms with Gasteiger partial charge >= 0.3 is 0 Å². The Hall–Kier alpha value is -0.870. The molecule has 1 aliphatic carbocycles. The molecule has 4 heteroatoms. The summed E-state index contributed by atoms with van der Waals surface area (Å²) in [7, 11) is -3.21. The fourth-order valence-corrected chi connectivity index (χ4v) is 4.12. The first-order valence-electron chi connectivity index (χ1n) is 7.20. The van der Waals surface area contributed by atoms with E-state index in [9.17, 15) is 8.42 Å². The molecular formula is C15H23NO2S. The second kappa shape index (κ2) is 7.06. The van der Waals surface area contributed by atoms with E-state index < -0.39 is 10.0 Å². The summed E-state index contributed by atoms with van der Waals surface area (Å²) in [5.41, 5.74) is 0.848. The summed E-state index contributed by atoms with van der Waals surface area (Å²) >= 11 is 0. The van der Waals surface area contributed by atoms with Crippen molar-refractivity contribution in [3.63, 3.8) is 0 Å². The number of hydrogen-bond acceptors (Lipinski definition) is 2. The highest BCUT2D eigenvalue weighted by molar-refractivity contribution is 7.88. The van der Waals surface area contributed by atoms with E-state index in [1.807, 2.05) is 30.3 Å². The molecule has 2 rings (SSSR count). The summed E-state index contributed by atoms with van der Waals surface area (Å²) in [5, 5.41) is 0. The van der Waals surface area contributed by atoms with Crippen LogP contribution in [0.4, 0.5) is 0 Å². The topological polar surface area (TPSA) is 46.2 Å². The first-order valence-corrected chi connectivity index (χ1v) is 8.85. The zero-order valence-electron chi connectivity index (χ0n) is 11.3. The van der Waals surface area contributed by atoms with Crippen molar-refractivity contribution >= 4 is 10.0 Å². The molecule has 1 saturated carbocycles. The molecule has 0 bridgehead atoms. The van der Waals surface area contributed by atoms with E-state index in [-0.39, 0.29) is 11.8 Å². The van der Waals surface area contributed by atoms with Crippen LogP contribution in [0.5, 0.6) is 0 Å².